The molecule has 0 N–H and O–H groups in total. The van der Waals surface area contributed by atoms with Crippen molar-refractivity contribution in [1.29, 1.82) is 0 Å². The molecule has 0 aromatic heterocycles. The Hall–Kier alpha value is -1.18. The van der Waals surface area contributed by atoms with Crippen LogP contribution in [-0.2, 0) is 9.59 Å². The molecular formula is C12H16O2. The number of allylic oxidation sites excluding steroid dienone is 4. The average Bonchev–Trinajstić information content (AvgIpc) is 2.19. The zero-order valence-corrected chi connectivity index (χ0v) is 8.75. The highest BCUT2D eigenvalue weighted by Gasteiger charge is 2.17. The quantitative estimate of drug-likeness (QED) is 0.506. The number of hydrogen-bond donors (Lipinski definition) is 0. The monoisotopic (exact) mass is 192 g/mol. The van der Waals surface area contributed by atoms with Crippen molar-refractivity contribution in [2.45, 2.75) is 33.1 Å². The van der Waals surface area contributed by atoms with E-state index in [1.807, 2.05) is 0 Å². The van der Waals surface area contributed by atoms with Crippen molar-refractivity contribution in [3.63, 3.8) is 0 Å². The van der Waals surface area contributed by atoms with E-state index in [1.165, 1.54) is 12.2 Å². The standard InChI is InChI=1S/C12H16O2/c1-3-5-9(4-2)10-6-7-11(13)12(14)8-10/h6-9H,3-5H2,1-2H3. The lowest BCUT2D eigenvalue weighted by atomic mass is 9.88. The third-order valence-electron chi connectivity index (χ3n) is 2.57. The Morgan fingerprint density at radius 3 is 2.36 bits per heavy atom. The van der Waals surface area contributed by atoms with E-state index in [1.54, 1.807) is 6.08 Å². The lowest BCUT2D eigenvalue weighted by molar-refractivity contribution is -0.131. The van der Waals surface area contributed by atoms with Gasteiger partial charge in [-0.3, -0.25) is 9.59 Å². The van der Waals surface area contributed by atoms with Crippen molar-refractivity contribution in [2.24, 2.45) is 5.92 Å². The van der Waals surface area contributed by atoms with Crippen LogP contribution in [0.5, 0.6) is 0 Å². The van der Waals surface area contributed by atoms with Crippen molar-refractivity contribution in [3.8, 4) is 0 Å². The van der Waals surface area contributed by atoms with E-state index in [4.69, 9.17) is 0 Å². The lowest BCUT2D eigenvalue weighted by Crippen LogP contribution is -2.15. The van der Waals surface area contributed by atoms with Gasteiger partial charge in [-0.25, -0.2) is 0 Å². The van der Waals surface area contributed by atoms with Crippen molar-refractivity contribution in [1.82, 2.24) is 0 Å². The van der Waals surface area contributed by atoms with Gasteiger partial charge in [-0.15, -0.1) is 0 Å². The molecule has 1 unspecified atom stereocenters. The maximum atomic E-state index is 11.2. The van der Waals surface area contributed by atoms with E-state index in [2.05, 4.69) is 13.8 Å². The van der Waals surface area contributed by atoms with Gasteiger partial charge in [-0.2, -0.15) is 0 Å². The summed E-state index contributed by atoms with van der Waals surface area (Å²) in [7, 11) is 0. The van der Waals surface area contributed by atoms with E-state index in [-0.39, 0.29) is 5.78 Å². The second-order valence-electron chi connectivity index (χ2n) is 3.60. The molecule has 0 spiro atoms. The van der Waals surface area contributed by atoms with Gasteiger partial charge in [0.2, 0.25) is 11.6 Å². The Kier molecular flexibility index (Phi) is 3.81. The molecule has 0 saturated heterocycles. The predicted octanol–water partition coefficient (Wildman–Crippen LogP) is 2.45. The van der Waals surface area contributed by atoms with Crippen molar-refractivity contribution >= 4 is 11.6 Å². The summed E-state index contributed by atoms with van der Waals surface area (Å²) in [5.41, 5.74) is 1.01. The first-order chi connectivity index (χ1) is 6.69. The van der Waals surface area contributed by atoms with E-state index in [0.717, 1.165) is 24.8 Å². The summed E-state index contributed by atoms with van der Waals surface area (Å²) >= 11 is 0. The molecule has 0 amide bonds. The van der Waals surface area contributed by atoms with Crippen molar-refractivity contribution in [3.05, 3.63) is 23.8 Å². The molecule has 1 rings (SSSR count). The van der Waals surface area contributed by atoms with E-state index in [9.17, 15) is 9.59 Å². The summed E-state index contributed by atoms with van der Waals surface area (Å²) < 4.78 is 0. The first-order valence-electron chi connectivity index (χ1n) is 5.17. The summed E-state index contributed by atoms with van der Waals surface area (Å²) in [6.07, 6.45) is 7.86. The molecule has 0 saturated carbocycles. The molecule has 0 bridgehead atoms. The van der Waals surface area contributed by atoms with Crippen LogP contribution in [-0.4, -0.2) is 11.6 Å². The number of carbonyl (C=O) groups excluding carboxylic acids is 2. The minimum Gasteiger partial charge on any atom is -0.286 e. The fourth-order valence-electron chi connectivity index (χ4n) is 1.73. The normalized spacial score (nSPS) is 18.3. The van der Waals surface area contributed by atoms with E-state index >= 15 is 0 Å². The zero-order chi connectivity index (χ0) is 10.6. The highest BCUT2D eigenvalue weighted by Crippen LogP contribution is 2.23. The van der Waals surface area contributed by atoms with Gasteiger partial charge in [0.15, 0.2) is 0 Å². The van der Waals surface area contributed by atoms with Gasteiger partial charge in [0, 0.05) is 0 Å². The van der Waals surface area contributed by atoms with Crippen LogP contribution < -0.4 is 0 Å². The molecule has 2 heteroatoms. The first kappa shape index (κ1) is 10.9. The Labute approximate surface area is 84.7 Å². The smallest absolute Gasteiger partial charge is 0.225 e. The molecule has 1 aliphatic carbocycles. The molecule has 0 aromatic carbocycles. The molecule has 1 atom stereocenters. The van der Waals surface area contributed by atoms with Gasteiger partial charge in [0.25, 0.3) is 0 Å². The minimum atomic E-state index is -0.403. The van der Waals surface area contributed by atoms with Gasteiger partial charge in [0.05, 0.1) is 0 Å². The number of hydrogen-bond acceptors (Lipinski definition) is 2. The Bertz CT molecular complexity index is 297. The molecular weight excluding hydrogens is 176 g/mol. The van der Waals surface area contributed by atoms with Crippen LogP contribution in [0.15, 0.2) is 23.8 Å². The molecule has 0 aliphatic heterocycles. The van der Waals surface area contributed by atoms with Crippen LogP contribution >= 0.6 is 0 Å². The Morgan fingerprint density at radius 1 is 1.14 bits per heavy atom. The maximum absolute atomic E-state index is 11.2. The summed E-state index contributed by atoms with van der Waals surface area (Å²) in [6.45, 7) is 4.23. The molecule has 0 fully saturated rings. The highest BCUT2D eigenvalue weighted by atomic mass is 16.2. The molecule has 76 valence electrons. The second kappa shape index (κ2) is 4.89. The topological polar surface area (TPSA) is 34.1 Å². The van der Waals surface area contributed by atoms with Crippen LogP contribution in [0.2, 0.25) is 0 Å². The van der Waals surface area contributed by atoms with Crippen LogP contribution in [0.25, 0.3) is 0 Å². The Morgan fingerprint density at radius 2 is 1.86 bits per heavy atom. The van der Waals surface area contributed by atoms with Crippen molar-refractivity contribution in [2.75, 3.05) is 0 Å². The molecule has 14 heavy (non-hydrogen) atoms. The highest BCUT2D eigenvalue weighted by molar-refractivity contribution is 6.46. The van der Waals surface area contributed by atoms with E-state index in [0.29, 0.717) is 5.92 Å². The number of rotatable bonds is 4. The third-order valence-corrected chi connectivity index (χ3v) is 2.57. The molecule has 0 radical (unpaired) electrons. The fraction of sp³-hybridized carbons (Fsp3) is 0.500. The van der Waals surface area contributed by atoms with Gasteiger partial charge >= 0.3 is 0 Å². The van der Waals surface area contributed by atoms with Crippen LogP contribution in [0.4, 0.5) is 0 Å². The maximum Gasteiger partial charge on any atom is 0.225 e. The van der Waals surface area contributed by atoms with Gasteiger partial charge in [-0.05, 0) is 36.5 Å². The second-order valence-corrected chi connectivity index (χ2v) is 3.60. The number of carbonyl (C=O) groups is 2. The van der Waals surface area contributed by atoms with Crippen LogP contribution in [0.1, 0.15) is 33.1 Å². The summed E-state index contributed by atoms with van der Waals surface area (Å²) in [6, 6.07) is 0. The van der Waals surface area contributed by atoms with E-state index < -0.39 is 5.78 Å². The predicted molar refractivity (Wildman–Crippen MR) is 55.9 cm³/mol. The average molecular weight is 192 g/mol. The van der Waals surface area contributed by atoms with Crippen molar-refractivity contribution < 1.29 is 9.59 Å². The summed E-state index contributed by atoms with van der Waals surface area (Å²) in [5, 5.41) is 0. The van der Waals surface area contributed by atoms with Crippen LogP contribution in [0.3, 0.4) is 0 Å². The SMILES string of the molecule is CCCC(CC)C1=CC(=O)C(=O)C=C1. The molecule has 2 nitrogen and oxygen atoms in total. The van der Waals surface area contributed by atoms with Gasteiger partial charge < -0.3 is 0 Å². The molecule has 0 heterocycles. The lowest BCUT2D eigenvalue weighted by Gasteiger charge is -2.16. The van der Waals surface area contributed by atoms with Crippen LogP contribution in [0, 0.1) is 5.92 Å². The summed E-state index contributed by atoms with van der Waals surface area (Å²) in [5.74, 6) is -0.356. The molecule has 0 aromatic rings. The van der Waals surface area contributed by atoms with Gasteiger partial charge in [-0.1, -0.05) is 26.3 Å². The minimum absolute atomic E-state index is 0.378. The van der Waals surface area contributed by atoms with Gasteiger partial charge in [0.1, 0.15) is 0 Å². The largest absolute Gasteiger partial charge is 0.286 e. The molecule has 1 aliphatic rings. The summed E-state index contributed by atoms with van der Waals surface area (Å²) in [4.78, 5) is 22.1. The Balaban J connectivity index is 2.77. The zero-order valence-electron chi connectivity index (χ0n) is 8.75. The first-order valence-corrected chi connectivity index (χ1v) is 5.17. The third kappa shape index (κ3) is 2.41. The fourth-order valence-corrected chi connectivity index (χ4v) is 1.73. The number of ketones is 2.